The van der Waals surface area contributed by atoms with E-state index in [1.54, 1.807) is 20.8 Å². The van der Waals surface area contributed by atoms with Gasteiger partial charge in [-0.3, -0.25) is 4.79 Å². The number of carbonyl (C=O) groups excluding carboxylic acids is 2. The second-order valence-corrected chi connectivity index (χ2v) is 8.40. The number of rotatable bonds is 5. The first-order valence-electron chi connectivity index (χ1n) is 9.87. The van der Waals surface area contributed by atoms with Crippen LogP contribution in [0.15, 0.2) is 30.6 Å². The van der Waals surface area contributed by atoms with Crippen molar-refractivity contribution in [2.75, 3.05) is 11.9 Å². The zero-order valence-electron chi connectivity index (χ0n) is 18.4. The zero-order chi connectivity index (χ0) is 24.4. The summed E-state index contributed by atoms with van der Waals surface area (Å²) in [4.78, 5) is 31.4. The van der Waals surface area contributed by atoms with E-state index in [0.29, 0.717) is 5.56 Å². The van der Waals surface area contributed by atoms with Crippen molar-refractivity contribution in [3.8, 4) is 11.8 Å². The number of benzene rings is 1. The fourth-order valence-electron chi connectivity index (χ4n) is 2.93. The molecule has 1 aromatic carbocycles. The second-order valence-electron chi connectivity index (χ2n) is 8.40. The molecule has 1 aliphatic rings. The number of ether oxygens (including phenoxy) is 3. The quantitative estimate of drug-likeness (QED) is 0.681. The third-order valence-corrected chi connectivity index (χ3v) is 4.57. The summed E-state index contributed by atoms with van der Waals surface area (Å²) in [7, 11) is 0. The Labute approximate surface area is 187 Å². The molecule has 0 fully saturated rings. The molecule has 3 rings (SSSR count). The Morgan fingerprint density at radius 2 is 1.85 bits per heavy atom. The molecule has 1 aromatic heterocycles. The van der Waals surface area contributed by atoms with Crippen LogP contribution in [0.3, 0.4) is 0 Å². The number of nitrogens with one attached hydrogen (secondary N) is 2. The van der Waals surface area contributed by atoms with E-state index in [-0.39, 0.29) is 36.2 Å². The van der Waals surface area contributed by atoms with Gasteiger partial charge in [0.1, 0.15) is 17.9 Å². The van der Waals surface area contributed by atoms with Crippen LogP contribution in [0.1, 0.15) is 38.8 Å². The van der Waals surface area contributed by atoms with E-state index in [1.165, 1.54) is 30.6 Å². The number of anilines is 1. The van der Waals surface area contributed by atoms with E-state index in [1.807, 2.05) is 0 Å². The van der Waals surface area contributed by atoms with Crippen LogP contribution >= 0.6 is 0 Å². The largest absolute Gasteiger partial charge is 0.444 e. The summed E-state index contributed by atoms with van der Waals surface area (Å²) >= 11 is 0. The first-order chi connectivity index (χ1) is 15.3. The Balaban J connectivity index is 1.59. The van der Waals surface area contributed by atoms with E-state index in [4.69, 9.17) is 14.2 Å². The maximum absolute atomic E-state index is 13.4. The number of hydrogen-bond acceptors (Lipinski definition) is 7. The van der Waals surface area contributed by atoms with Crippen molar-refractivity contribution in [1.29, 1.82) is 0 Å². The van der Waals surface area contributed by atoms with Crippen LogP contribution in [0.2, 0.25) is 0 Å². The first kappa shape index (κ1) is 24.2. The average Bonchev–Trinajstić information content (AvgIpc) is 3.04. The van der Waals surface area contributed by atoms with Crippen molar-refractivity contribution in [2.45, 2.75) is 51.7 Å². The number of carbonyl (C=O) groups is 2. The minimum Gasteiger partial charge on any atom is -0.444 e. The van der Waals surface area contributed by atoms with Crippen LogP contribution < -0.4 is 15.4 Å². The molecule has 178 valence electrons. The second kappa shape index (κ2) is 8.85. The molecule has 2 N–H and O–H groups in total. The SMILES string of the molecule is CC(C)(C)OC(=O)NCC(=O)Nc1cnc(Oc2ccc3c(c2)C(C)(C(F)(F)F)OC3)nc1. The Kier molecular flexibility index (Phi) is 6.50. The van der Waals surface area contributed by atoms with Gasteiger partial charge < -0.3 is 24.8 Å². The molecular formula is C21H23F3N4O5. The van der Waals surface area contributed by atoms with Crippen molar-refractivity contribution in [3.63, 3.8) is 0 Å². The standard InChI is InChI=1S/C21H23F3N4O5/c1-19(2,3)33-18(30)27-10-16(29)28-13-8-25-17(26-9-13)32-14-6-5-12-11-31-20(4,15(12)7-14)21(22,23)24/h5-9H,10-11H2,1-4H3,(H,27,30)(H,28,29). The van der Waals surface area contributed by atoms with E-state index >= 15 is 0 Å². The Bertz CT molecular complexity index is 1040. The minimum atomic E-state index is -4.59. The van der Waals surface area contributed by atoms with Crippen molar-refractivity contribution in [1.82, 2.24) is 15.3 Å². The summed E-state index contributed by atoms with van der Waals surface area (Å²) in [6.45, 7) is 5.56. The number of alkyl carbamates (subject to hydrolysis) is 1. The van der Waals surface area contributed by atoms with Gasteiger partial charge in [0.15, 0.2) is 5.60 Å². The van der Waals surface area contributed by atoms with Crippen molar-refractivity contribution in [3.05, 3.63) is 41.7 Å². The number of hydrogen-bond donors (Lipinski definition) is 2. The monoisotopic (exact) mass is 468 g/mol. The van der Waals surface area contributed by atoms with E-state index < -0.39 is 29.4 Å². The summed E-state index contributed by atoms with van der Waals surface area (Å²) in [5, 5.41) is 4.79. The molecule has 2 aromatic rings. The molecule has 1 atom stereocenters. The molecule has 2 amide bonds. The highest BCUT2D eigenvalue weighted by atomic mass is 19.4. The van der Waals surface area contributed by atoms with E-state index in [0.717, 1.165) is 6.92 Å². The number of fused-ring (bicyclic) bond motifs is 1. The van der Waals surface area contributed by atoms with Gasteiger partial charge in [0.25, 0.3) is 0 Å². The topological polar surface area (TPSA) is 112 Å². The summed E-state index contributed by atoms with van der Waals surface area (Å²) in [5.74, 6) is -0.434. The van der Waals surface area contributed by atoms with Crippen molar-refractivity contribution < 1.29 is 37.0 Å². The lowest BCUT2D eigenvalue weighted by atomic mass is 9.93. The van der Waals surface area contributed by atoms with Gasteiger partial charge in [0, 0.05) is 5.56 Å². The van der Waals surface area contributed by atoms with E-state index in [9.17, 15) is 22.8 Å². The molecule has 0 saturated heterocycles. The van der Waals surface area contributed by atoms with Crippen LogP contribution in [0.25, 0.3) is 0 Å². The van der Waals surface area contributed by atoms with Gasteiger partial charge in [-0.15, -0.1) is 0 Å². The number of nitrogens with zero attached hydrogens (tertiary/aromatic N) is 2. The smallest absolute Gasteiger partial charge is 0.421 e. The van der Waals surface area contributed by atoms with Crippen LogP contribution in [0.5, 0.6) is 11.8 Å². The molecule has 9 nitrogen and oxygen atoms in total. The molecule has 33 heavy (non-hydrogen) atoms. The lowest BCUT2D eigenvalue weighted by Gasteiger charge is -2.27. The summed E-state index contributed by atoms with van der Waals surface area (Å²) in [6, 6.07) is 4.10. The molecular weight excluding hydrogens is 445 g/mol. The van der Waals surface area contributed by atoms with Gasteiger partial charge >= 0.3 is 18.3 Å². The highest BCUT2D eigenvalue weighted by Gasteiger charge is 2.57. The third kappa shape index (κ3) is 5.89. The summed E-state index contributed by atoms with van der Waals surface area (Å²) < 4.78 is 55.8. The maximum Gasteiger partial charge on any atom is 0.421 e. The van der Waals surface area contributed by atoms with Crippen molar-refractivity contribution in [2.24, 2.45) is 0 Å². The fraction of sp³-hybridized carbons (Fsp3) is 0.429. The first-order valence-corrected chi connectivity index (χ1v) is 9.87. The average molecular weight is 468 g/mol. The normalized spacial score (nSPS) is 17.8. The Morgan fingerprint density at radius 3 is 2.45 bits per heavy atom. The number of alkyl halides is 3. The highest BCUT2D eigenvalue weighted by Crippen LogP contribution is 2.48. The predicted molar refractivity (Wildman–Crippen MR) is 110 cm³/mol. The van der Waals surface area contributed by atoms with E-state index in [2.05, 4.69) is 20.6 Å². The van der Waals surface area contributed by atoms with Crippen LogP contribution in [-0.2, 0) is 26.5 Å². The summed E-state index contributed by atoms with van der Waals surface area (Å²) in [5.41, 5.74) is -2.51. The highest BCUT2D eigenvalue weighted by molar-refractivity contribution is 5.93. The molecule has 0 aliphatic carbocycles. The molecule has 0 radical (unpaired) electrons. The molecule has 12 heteroatoms. The van der Waals surface area contributed by atoms with Gasteiger partial charge in [0.05, 0.1) is 24.7 Å². The molecule has 0 spiro atoms. The third-order valence-electron chi connectivity index (χ3n) is 4.57. The Hall–Kier alpha value is -3.41. The summed E-state index contributed by atoms with van der Waals surface area (Å²) in [6.07, 6.45) is -2.82. The fourth-order valence-corrected chi connectivity index (χ4v) is 2.93. The molecule has 0 saturated carbocycles. The van der Waals surface area contributed by atoms with Gasteiger partial charge in [-0.05, 0) is 45.4 Å². The van der Waals surface area contributed by atoms with Crippen LogP contribution in [0, 0.1) is 0 Å². The lowest BCUT2D eigenvalue weighted by molar-refractivity contribution is -0.272. The lowest BCUT2D eigenvalue weighted by Crippen LogP contribution is -2.38. The Morgan fingerprint density at radius 1 is 1.18 bits per heavy atom. The van der Waals surface area contributed by atoms with Crippen LogP contribution in [-0.4, -0.2) is 40.3 Å². The number of aromatic nitrogens is 2. The molecule has 1 aliphatic heterocycles. The van der Waals surface area contributed by atoms with Crippen molar-refractivity contribution >= 4 is 17.7 Å². The predicted octanol–water partition coefficient (Wildman–Crippen LogP) is 4.04. The van der Waals surface area contributed by atoms with Gasteiger partial charge in [0.2, 0.25) is 5.91 Å². The van der Waals surface area contributed by atoms with Crippen LogP contribution in [0.4, 0.5) is 23.7 Å². The molecule has 0 bridgehead atoms. The van der Waals surface area contributed by atoms with Gasteiger partial charge in [-0.25, -0.2) is 14.8 Å². The zero-order valence-corrected chi connectivity index (χ0v) is 18.4. The molecule has 2 heterocycles. The van der Waals surface area contributed by atoms with Gasteiger partial charge in [-0.2, -0.15) is 13.2 Å². The minimum absolute atomic E-state index is 0.0335. The molecule has 1 unspecified atom stereocenters. The van der Waals surface area contributed by atoms with Gasteiger partial charge in [-0.1, -0.05) is 6.07 Å². The number of halogens is 3. The maximum atomic E-state index is 13.4. The number of amides is 2.